The van der Waals surface area contributed by atoms with Gasteiger partial charge < -0.3 is 0 Å². The molecule has 0 atom stereocenters. The van der Waals surface area contributed by atoms with Gasteiger partial charge in [0.2, 0.25) is 0 Å². The molecule has 1 aromatic heterocycles. The second kappa shape index (κ2) is 8.35. The molecule has 3 heteroatoms. The van der Waals surface area contributed by atoms with Gasteiger partial charge >= 0.3 is 0 Å². The summed E-state index contributed by atoms with van der Waals surface area (Å²) in [6.45, 7) is 0. The van der Waals surface area contributed by atoms with Gasteiger partial charge in [0.05, 0.1) is 5.69 Å². The third kappa shape index (κ3) is 3.98. The molecular weight excluding hydrogens is 401 g/mol. The maximum absolute atomic E-state index is 13.5. The third-order valence-electron chi connectivity index (χ3n) is 5.51. The fourth-order valence-corrected chi connectivity index (χ4v) is 4.68. The Labute approximate surface area is 168 Å². The van der Waals surface area contributed by atoms with E-state index in [1.54, 1.807) is 0 Å². The van der Waals surface area contributed by atoms with Crippen molar-refractivity contribution in [3.63, 3.8) is 0 Å². The highest BCUT2D eigenvalue weighted by Crippen LogP contribution is 2.39. The van der Waals surface area contributed by atoms with Crippen LogP contribution < -0.4 is 0 Å². The van der Waals surface area contributed by atoms with Crippen molar-refractivity contribution >= 4 is 15.9 Å². The minimum Gasteiger partial charge on any atom is -0.252 e. The predicted molar refractivity (Wildman–Crippen MR) is 114 cm³/mol. The van der Waals surface area contributed by atoms with E-state index in [9.17, 15) is 4.39 Å². The summed E-state index contributed by atoms with van der Waals surface area (Å²) in [6, 6.07) is 19.3. The van der Waals surface area contributed by atoms with Gasteiger partial charge in [0, 0.05) is 22.5 Å². The molecule has 2 aromatic carbocycles. The maximum Gasteiger partial charge on any atom is 0.123 e. The summed E-state index contributed by atoms with van der Waals surface area (Å²) >= 11 is 3.70. The van der Waals surface area contributed by atoms with E-state index in [-0.39, 0.29) is 5.82 Å². The minimum absolute atomic E-state index is 0.205. The summed E-state index contributed by atoms with van der Waals surface area (Å²) < 4.78 is 13.5. The normalized spacial score (nSPS) is 15.0. The molecule has 0 aliphatic heterocycles. The van der Waals surface area contributed by atoms with Crippen LogP contribution in [-0.2, 0) is 5.33 Å². The van der Waals surface area contributed by atoms with Gasteiger partial charge in [-0.05, 0) is 47.7 Å². The van der Waals surface area contributed by atoms with Crippen LogP contribution in [0.15, 0.2) is 60.7 Å². The van der Waals surface area contributed by atoms with Crippen LogP contribution >= 0.6 is 15.9 Å². The number of hydrogen-bond acceptors (Lipinski definition) is 1. The molecule has 0 bridgehead atoms. The van der Waals surface area contributed by atoms with Gasteiger partial charge in [-0.3, -0.25) is 4.98 Å². The number of halogens is 2. The highest BCUT2D eigenvalue weighted by molar-refractivity contribution is 9.08. The molecular formula is C24H23BrFN. The van der Waals surface area contributed by atoms with Crippen LogP contribution in [0.4, 0.5) is 4.39 Å². The topological polar surface area (TPSA) is 12.9 Å². The number of pyridine rings is 1. The lowest BCUT2D eigenvalue weighted by molar-refractivity contribution is 0.435. The van der Waals surface area contributed by atoms with Gasteiger partial charge in [-0.15, -0.1) is 0 Å². The van der Waals surface area contributed by atoms with E-state index in [4.69, 9.17) is 4.98 Å². The Morgan fingerprint density at radius 3 is 2.26 bits per heavy atom. The molecule has 1 aliphatic carbocycles. The summed E-state index contributed by atoms with van der Waals surface area (Å²) in [6.07, 6.45) is 6.27. The third-order valence-corrected chi connectivity index (χ3v) is 6.07. The molecule has 27 heavy (non-hydrogen) atoms. The Bertz CT molecular complexity index is 900. The van der Waals surface area contributed by atoms with Crippen molar-refractivity contribution in [1.82, 2.24) is 4.98 Å². The molecule has 4 rings (SSSR count). The quantitative estimate of drug-likeness (QED) is 0.395. The number of nitrogens with zero attached hydrogens (tertiary/aromatic N) is 1. The highest BCUT2D eigenvalue weighted by Gasteiger charge is 2.23. The number of aromatic nitrogens is 1. The van der Waals surface area contributed by atoms with Gasteiger partial charge in [0.25, 0.3) is 0 Å². The Kier molecular flexibility index (Phi) is 5.68. The predicted octanol–water partition coefficient (Wildman–Crippen LogP) is 7.50. The summed E-state index contributed by atoms with van der Waals surface area (Å²) in [4.78, 5) is 5.14. The molecule has 3 aromatic rings. The van der Waals surface area contributed by atoms with Crippen molar-refractivity contribution in [3.8, 4) is 22.4 Å². The number of alkyl halides is 1. The standard InChI is InChI=1S/C24H23BrFN/c25-16-22-21(17-11-13-20(26)14-12-17)15-23(18-7-3-1-4-8-18)27-24(22)19-9-5-2-6-10-19/h1,3-4,7-8,11-15,19H,2,5-6,9-10,16H2. The largest absolute Gasteiger partial charge is 0.252 e. The SMILES string of the molecule is Fc1ccc(-c2cc(-c3ccccc3)nc(C3CCCCC3)c2CBr)cc1. The van der Waals surface area contributed by atoms with Gasteiger partial charge in [-0.2, -0.15) is 0 Å². The average molecular weight is 424 g/mol. The summed E-state index contributed by atoms with van der Waals surface area (Å²) in [5.41, 5.74) is 6.78. The Balaban J connectivity index is 1.91. The first-order valence-electron chi connectivity index (χ1n) is 9.67. The fourth-order valence-electron chi connectivity index (χ4n) is 4.09. The lowest BCUT2D eigenvalue weighted by Gasteiger charge is -2.25. The second-order valence-corrected chi connectivity index (χ2v) is 7.82. The molecule has 0 radical (unpaired) electrons. The van der Waals surface area contributed by atoms with Crippen LogP contribution in [0.1, 0.15) is 49.3 Å². The minimum atomic E-state index is -0.205. The molecule has 1 fully saturated rings. The zero-order valence-corrected chi connectivity index (χ0v) is 16.9. The number of hydrogen-bond donors (Lipinski definition) is 0. The summed E-state index contributed by atoms with van der Waals surface area (Å²) in [7, 11) is 0. The van der Waals surface area contributed by atoms with Crippen molar-refractivity contribution in [2.24, 2.45) is 0 Å². The smallest absolute Gasteiger partial charge is 0.123 e. The Morgan fingerprint density at radius 1 is 0.889 bits per heavy atom. The fraction of sp³-hybridized carbons (Fsp3) is 0.292. The number of benzene rings is 2. The lowest BCUT2D eigenvalue weighted by Crippen LogP contribution is -2.11. The van der Waals surface area contributed by atoms with Gasteiger partial charge in [-0.1, -0.05) is 77.7 Å². The van der Waals surface area contributed by atoms with Gasteiger partial charge in [0.1, 0.15) is 5.82 Å². The van der Waals surface area contributed by atoms with E-state index in [1.165, 1.54) is 55.5 Å². The summed E-state index contributed by atoms with van der Waals surface area (Å²) in [5, 5.41) is 0.758. The second-order valence-electron chi connectivity index (χ2n) is 7.26. The molecule has 1 saturated carbocycles. The molecule has 138 valence electrons. The first-order valence-corrected chi connectivity index (χ1v) is 10.8. The molecule has 0 saturated heterocycles. The van der Waals surface area contributed by atoms with Gasteiger partial charge in [0.15, 0.2) is 0 Å². The zero-order valence-electron chi connectivity index (χ0n) is 15.3. The van der Waals surface area contributed by atoms with E-state index in [1.807, 2.05) is 30.3 Å². The summed E-state index contributed by atoms with van der Waals surface area (Å²) in [5.74, 6) is 0.304. The van der Waals surface area contributed by atoms with E-state index < -0.39 is 0 Å². The molecule has 1 aliphatic rings. The Morgan fingerprint density at radius 2 is 1.59 bits per heavy atom. The first-order chi connectivity index (χ1) is 13.3. The van der Waals surface area contributed by atoms with Gasteiger partial charge in [-0.25, -0.2) is 4.39 Å². The average Bonchev–Trinajstić information content (AvgIpc) is 2.74. The molecule has 0 amide bonds. The van der Waals surface area contributed by atoms with Crippen molar-refractivity contribution in [2.45, 2.75) is 43.4 Å². The van der Waals surface area contributed by atoms with Crippen LogP contribution in [0.5, 0.6) is 0 Å². The van der Waals surface area contributed by atoms with Crippen LogP contribution in [-0.4, -0.2) is 4.98 Å². The molecule has 1 heterocycles. The Hall–Kier alpha value is -2.00. The highest BCUT2D eigenvalue weighted by atomic mass is 79.9. The van der Waals surface area contributed by atoms with Crippen LogP contribution in [0.2, 0.25) is 0 Å². The monoisotopic (exact) mass is 423 g/mol. The van der Waals surface area contributed by atoms with E-state index in [0.29, 0.717) is 5.92 Å². The first kappa shape index (κ1) is 18.4. The molecule has 1 nitrogen and oxygen atoms in total. The molecule has 0 N–H and O–H groups in total. The van der Waals surface area contributed by atoms with Crippen LogP contribution in [0.3, 0.4) is 0 Å². The maximum atomic E-state index is 13.5. The van der Waals surface area contributed by atoms with Crippen LogP contribution in [0, 0.1) is 5.82 Å². The number of rotatable bonds is 4. The van der Waals surface area contributed by atoms with Crippen molar-refractivity contribution in [1.29, 1.82) is 0 Å². The van der Waals surface area contributed by atoms with Crippen molar-refractivity contribution < 1.29 is 4.39 Å². The van der Waals surface area contributed by atoms with E-state index >= 15 is 0 Å². The van der Waals surface area contributed by atoms with Crippen molar-refractivity contribution in [2.75, 3.05) is 0 Å². The van der Waals surface area contributed by atoms with E-state index in [0.717, 1.165) is 27.7 Å². The molecule has 0 spiro atoms. The molecule has 0 unspecified atom stereocenters. The van der Waals surface area contributed by atoms with Crippen LogP contribution in [0.25, 0.3) is 22.4 Å². The van der Waals surface area contributed by atoms with Crippen molar-refractivity contribution in [3.05, 3.63) is 77.7 Å². The lowest BCUT2D eigenvalue weighted by atomic mass is 9.83. The van der Waals surface area contributed by atoms with E-state index in [2.05, 4.69) is 34.1 Å². The zero-order chi connectivity index (χ0) is 18.6.